The van der Waals surface area contributed by atoms with Crippen LogP contribution in [-0.2, 0) is 14.9 Å². The number of hydrogen-bond donors (Lipinski definition) is 2. The van der Waals surface area contributed by atoms with Crippen LogP contribution in [0.4, 0.5) is 0 Å². The lowest BCUT2D eigenvalue weighted by Crippen LogP contribution is -2.52. The van der Waals surface area contributed by atoms with Crippen molar-refractivity contribution >= 4 is 18.3 Å². The molecule has 0 atom stereocenters. The van der Waals surface area contributed by atoms with Crippen LogP contribution in [0, 0.1) is 12.3 Å². The number of amides is 1. The van der Waals surface area contributed by atoms with Gasteiger partial charge in [-0.05, 0) is 38.2 Å². The van der Waals surface area contributed by atoms with E-state index in [1.807, 2.05) is 0 Å². The van der Waals surface area contributed by atoms with E-state index in [0.717, 1.165) is 32.2 Å². The summed E-state index contributed by atoms with van der Waals surface area (Å²) < 4.78 is 5.44. The van der Waals surface area contributed by atoms with Gasteiger partial charge in [0.2, 0.25) is 5.91 Å². The van der Waals surface area contributed by atoms with Crippen LogP contribution in [-0.4, -0.2) is 32.2 Å². The minimum Gasteiger partial charge on any atom is -0.381 e. The van der Waals surface area contributed by atoms with Gasteiger partial charge in [-0.25, -0.2) is 0 Å². The number of hydrogen-bond acceptors (Lipinski definition) is 3. The van der Waals surface area contributed by atoms with E-state index in [4.69, 9.17) is 10.5 Å². The maximum Gasteiger partial charge on any atom is 0.227 e. The van der Waals surface area contributed by atoms with Crippen molar-refractivity contribution in [2.24, 2.45) is 11.1 Å². The topological polar surface area (TPSA) is 64.4 Å². The Labute approximate surface area is 163 Å². The van der Waals surface area contributed by atoms with Gasteiger partial charge >= 0.3 is 0 Å². The van der Waals surface area contributed by atoms with E-state index in [1.165, 1.54) is 30.4 Å². The van der Waals surface area contributed by atoms with E-state index in [0.29, 0.717) is 19.8 Å². The predicted octanol–water partition coefficient (Wildman–Crippen LogP) is 3.49. The average Bonchev–Trinajstić information content (AvgIpc) is 2.67. The maximum atomic E-state index is 13.0. The van der Waals surface area contributed by atoms with Crippen molar-refractivity contribution in [1.29, 1.82) is 0 Å². The first kappa shape index (κ1) is 21.2. The molecule has 1 heterocycles. The molecule has 1 saturated carbocycles. The zero-order valence-corrected chi connectivity index (χ0v) is 16.7. The molecule has 2 fully saturated rings. The lowest BCUT2D eigenvalue weighted by Gasteiger charge is -2.40. The number of halogens is 1. The molecule has 0 spiro atoms. The highest BCUT2D eigenvalue weighted by molar-refractivity contribution is 5.85. The van der Waals surface area contributed by atoms with Gasteiger partial charge in [0.25, 0.3) is 0 Å². The minimum atomic E-state index is -0.444. The fraction of sp³-hybridized carbons (Fsp3) is 0.667. The summed E-state index contributed by atoms with van der Waals surface area (Å²) in [5, 5.41) is 3.30. The molecule has 5 heteroatoms. The Kier molecular flexibility index (Phi) is 7.51. The zero-order chi connectivity index (χ0) is 17.8. The van der Waals surface area contributed by atoms with Crippen molar-refractivity contribution in [2.45, 2.75) is 57.3 Å². The van der Waals surface area contributed by atoms with E-state index in [1.54, 1.807) is 0 Å². The first-order valence-corrected chi connectivity index (χ1v) is 9.74. The van der Waals surface area contributed by atoms with Crippen molar-refractivity contribution < 1.29 is 9.53 Å². The van der Waals surface area contributed by atoms with Gasteiger partial charge in [0.05, 0.1) is 5.41 Å². The molecular weight excluding hydrogens is 348 g/mol. The molecular formula is C21H33ClN2O2. The molecule has 1 aliphatic carbocycles. The molecule has 1 amide bonds. The Hall–Kier alpha value is -1.10. The molecule has 0 unspecified atom stereocenters. The summed E-state index contributed by atoms with van der Waals surface area (Å²) >= 11 is 0. The molecule has 1 aromatic rings. The normalized spacial score (nSPS) is 21.5. The molecule has 146 valence electrons. The van der Waals surface area contributed by atoms with E-state index < -0.39 is 5.41 Å². The molecule has 2 aliphatic rings. The summed E-state index contributed by atoms with van der Waals surface area (Å²) in [6, 6.07) is 8.81. The van der Waals surface area contributed by atoms with E-state index in [2.05, 4.69) is 36.5 Å². The maximum absolute atomic E-state index is 13.0. The minimum absolute atomic E-state index is 0. The third-order valence-corrected chi connectivity index (χ3v) is 6.35. The van der Waals surface area contributed by atoms with Crippen LogP contribution in [0.15, 0.2) is 24.3 Å². The molecule has 26 heavy (non-hydrogen) atoms. The van der Waals surface area contributed by atoms with Crippen LogP contribution in [0.3, 0.4) is 0 Å². The summed E-state index contributed by atoms with van der Waals surface area (Å²) in [6.07, 6.45) is 7.52. The second kappa shape index (κ2) is 9.20. The molecule has 1 aromatic carbocycles. The quantitative estimate of drug-likeness (QED) is 0.821. The number of nitrogens with one attached hydrogen (secondary N) is 1. The van der Waals surface area contributed by atoms with Crippen molar-refractivity contribution in [3.8, 4) is 0 Å². The lowest BCUT2D eigenvalue weighted by atomic mass is 9.69. The number of ether oxygens (including phenoxy) is 1. The molecule has 0 aromatic heterocycles. The number of benzene rings is 1. The number of carbonyl (C=O) groups is 1. The van der Waals surface area contributed by atoms with Crippen LogP contribution in [0.2, 0.25) is 0 Å². The third kappa shape index (κ3) is 4.41. The fourth-order valence-corrected chi connectivity index (χ4v) is 4.49. The largest absolute Gasteiger partial charge is 0.381 e. The Balaban J connectivity index is 0.00000243. The Morgan fingerprint density at radius 3 is 2.46 bits per heavy atom. The molecule has 4 nitrogen and oxygen atoms in total. The van der Waals surface area contributed by atoms with Gasteiger partial charge in [0, 0.05) is 31.7 Å². The van der Waals surface area contributed by atoms with Crippen molar-refractivity contribution in [3.05, 3.63) is 35.4 Å². The number of aryl methyl sites for hydroxylation is 1. The first-order valence-electron chi connectivity index (χ1n) is 9.74. The fourth-order valence-electron chi connectivity index (χ4n) is 4.49. The van der Waals surface area contributed by atoms with Gasteiger partial charge in [-0.2, -0.15) is 0 Å². The van der Waals surface area contributed by atoms with Crippen molar-refractivity contribution in [3.63, 3.8) is 0 Å². The van der Waals surface area contributed by atoms with Crippen LogP contribution >= 0.6 is 12.4 Å². The predicted molar refractivity (Wildman–Crippen MR) is 108 cm³/mol. The highest BCUT2D eigenvalue weighted by Gasteiger charge is 2.41. The van der Waals surface area contributed by atoms with E-state index in [9.17, 15) is 4.79 Å². The second-order valence-electron chi connectivity index (χ2n) is 7.99. The number of carbonyl (C=O) groups excluding carboxylic acids is 1. The van der Waals surface area contributed by atoms with Crippen LogP contribution in [0.1, 0.15) is 56.1 Å². The smallest absolute Gasteiger partial charge is 0.227 e. The average molecular weight is 381 g/mol. The second-order valence-corrected chi connectivity index (χ2v) is 7.99. The van der Waals surface area contributed by atoms with Gasteiger partial charge in [0.15, 0.2) is 0 Å². The van der Waals surface area contributed by atoms with Gasteiger partial charge in [-0.1, -0.05) is 49.1 Å². The number of rotatable bonds is 5. The van der Waals surface area contributed by atoms with Gasteiger partial charge in [-0.3, -0.25) is 4.79 Å². The number of nitrogens with two attached hydrogens (primary N) is 1. The van der Waals surface area contributed by atoms with Crippen molar-refractivity contribution in [1.82, 2.24) is 5.32 Å². The van der Waals surface area contributed by atoms with Crippen LogP contribution < -0.4 is 11.1 Å². The monoisotopic (exact) mass is 380 g/mol. The van der Waals surface area contributed by atoms with Gasteiger partial charge in [0.1, 0.15) is 0 Å². The summed E-state index contributed by atoms with van der Waals surface area (Å²) in [5.41, 5.74) is 8.29. The SMILES string of the molecule is Cc1cccc(C2(CNC(=O)C3(CN)CCOCC3)CCCCC2)c1.Cl. The molecule has 1 saturated heterocycles. The highest BCUT2D eigenvalue weighted by Crippen LogP contribution is 2.40. The molecule has 0 radical (unpaired) electrons. The van der Waals surface area contributed by atoms with Crippen LogP contribution in [0.5, 0.6) is 0 Å². The Morgan fingerprint density at radius 2 is 1.85 bits per heavy atom. The summed E-state index contributed by atoms with van der Waals surface area (Å²) in [5.74, 6) is 0.121. The first-order chi connectivity index (χ1) is 12.1. The molecule has 1 aliphatic heterocycles. The van der Waals surface area contributed by atoms with Gasteiger partial charge in [-0.15, -0.1) is 12.4 Å². The van der Waals surface area contributed by atoms with E-state index in [-0.39, 0.29) is 23.7 Å². The molecule has 3 rings (SSSR count). The molecule has 3 N–H and O–H groups in total. The highest BCUT2D eigenvalue weighted by atomic mass is 35.5. The van der Waals surface area contributed by atoms with Crippen LogP contribution in [0.25, 0.3) is 0 Å². The Morgan fingerprint density at radius 1 is 1.15 bits per heavy atom. The summed E-state index contributed by atoms with van der Waals surface area (Å²) in [6.45, 7) is 4.53. The zero-order valence-electron chi connectivity index (χ0n) is 15.9. The van der Waals surface area contributed by atoms with Gasteiger partial charge < -0.3 is 15.8 Å². The standard InChI is InChI=1S/C21H32N2O2.ClH/c1-17-6-5-7-18(14-17)21(8-3-2-4-9-21)16-23-19(24)20(15-22)10-12-25-13-11-20;/h5-7,14H,2-4,8-13,15-16,22H2,1H3,(H,23,24);1H. The van der Waals surface area contributed by atoms with E-state index >= 15 is 0 Å². The summed E-state index contributed by atoms with van der Waals surface area (Å²) in [7, 11) is 0. The molecule has 0 bridgehead atoms. The third-order valence-electron chi connectivity index (χ3n) is 6.35. The Bertz CT molecular complexity index is 593. The lowest BCUT2D eigenvalue weighted by molar-refractivity contribution is -0.136. The van der Waals surface area contributed by atoms with Crippen molar-refractivity contribution in [2.75, 3.05) is 26.3 Å². The summed E-state index contributed by atoms with van der Waals surface area (Å²) in [4.78, 5) is 13.0.